The second-order valence-electron chi connectivity index (χ2n) is 3.70. The predicted octanol–water partition coefficient (Wildman–Crippen LogP) is 3.59. The van der Waals surface area contributed by atoms with Crippen LogP contribution in [0.15, 0.2) is 29.6 Å². The predicted molar refractivity (Wildman–Crippen MR) is 73.7 cm³/mol. The number of hydrogen-bond donors (Lipinski definition) is 1. The van der Waals surface area contributed by atoms with E-state index in [-0.39, 0.29) is 33.5 Å². The molecule has 0 amide bonds. The number of thiophene rings is 1. The highest BCUT2D eigenvalue weighted by Gasteiger charge is 2.19. The number of rotatable bonds is 5. The van der Waals surface area contributed by atoms with Gasteiger partial charge in [-0.25, -0.2) is 4.79 Å². The van der Waals surface area contributed by atoms with Crippen LogP contribution in [0.2, 0.25) is 5.02 Å². The van der Waals surface area contributed by atoms with Crippen molar-refractivity contribution >= 4 is 34.6 Å². The van der Waals surface area contributed by atoms with Crippen LogP contribution in [0.3, 0.4) is 0 Å². The van der Waals surface area contributed by atoms with E-state index in [4.69, 9.17) is 21.4 Å². The highest BCUT2D eigenvalue weighted by atomic mass is 35.5. The maximum atomic E-state index is 10.9. The molecule has 1 aromatic carbocycles. The smallest absolute Gasteiger partial charge is 0.349 e. The number of aromatic carboxylic acids is 1. The molecule has 0 unspecified atom stereocenters. The number of nitrogens with zero attached hydrogens (tertiary/aromatic N) is 1. The standard InChI is InChI=1S/C12H8ClNO5S/c13-8-2-1-3-9(14(17)18)7(8)6-19-10-4-5-20-11(10)12(15)16/h1-5H,6H2,(H,15,16). The van der Waals surface area contributed by atoms with Gasteiger partial charge < -0.3 is 9.84 Å². The van der Waals surface area contributed by atoms with Crippen LogP contribution in [0, 0.1) is 10.1 Å². The molecule has 0 aliphatic rings. The summed E-state index contributed by atoms with van der Waals surface area (Å²) in [6.07, 6.45) is 0. The van der Waals surface area contributed by atoms with Crippen LogP contribution < -0.4 is 4.74 Å². The first kappa shape index (κ1) is 14.3. The lowest BCUT2D eigenvalue weighted by molar-refractivity contribution is -0.385. The van der Waals surface area contributed by atoms with Gasteiger partial charge in [-0.3, -0.25) is 10.1 Å². The summed E-state index contributed by atoms with van der Waals surface area (Å²) in [5.74, 6) is -0.944. The summed E-state index contributed by atoms with van der Waals surface area (Å²) in [6, 6.07) is 5.79. The highest BCUT2D eigenvalue weighted by molar-refractivity contribution is 7.12. The van der Waals surface area contributed by atoms with Gasteiger partial charge >= 0.3 is 5.97 Å². The molecule has 1 aromatic heterocycles. The zero-order chi connectivity index (χ0) is 14.7. The number of carboxylic acids is 1. The Labute approximate surface area is 122 Å². The van der Waals surface area contributed by atoms with Crippen LogP contribution in [0.5, 0.6) is 5.75 Å². The number of carbonyl (C=O) groups is 1. The van der Waals surface area contributed by atoms with Crippen LogP contribution in [-0.4, -0.2) is 16.0 Å². The molecule has 6 nitrogen and oxygen atoms in total. The fourth-order valence-corrected chi connectivity index (χ4v) is 2.47. The van der Waals surface area contributed by atoms with E-state index in [0.717, 1.165) is 11.3 Å². The van der Waals surface area contributed by atoms with Gasteiger partial charge in [-0.15, -0.1) is 11.3 Å². The minimum atomic E-state index is -1.11. The summed E-state index contributed by atoms with van der Waals surface area (Å²) < 4.78 is 5.34. The molecule has 8 heteroatoms. The maximum absolute atomic E-state index is 10.9. The maximum Gasteiger partial charge on any atom is 0.349 e. The van der Waals surface area contributed by atoms with Gasteiger partial charge in [0.1, 0.15) is 12.4 Å². The Kier molecular flexibility index (Phi) is 4.21. The monoisotopic (exact) mass is 313 g/mol. The number of hydrogen-bond acceptors (Lipinski definition) is 5. The van der Waals surface area contributed by atoms with Gasteiger partial charge in [0.05, 0.1) is 15.5 Å². The van der Waals surface area contributed by atoms with E-state index in [9.17, 15) is 14.9 Å². The minimum Gasteiger partial charge on any atom is -0.487 e. The molecule has 0 fully saturated rings. The molecule has 0 saturated carbocycles. The molecule has 0 aliphatic heterocycles. The Morgan fingerprint density at radius 3 is 2.85 bits per heavy atom. The van der Waals surface area contributed by atoms with Crippen molar-refractivity contribution in [1.29, 1.82) is 0 Å². The van der Waals surface area contributed by atoms with Crippen molar-refractivity contribution in [3.05, 3.63) is 55.2 Å². The van der Waals surface area contributed by atoms with Crippen molar-refractivity contribution in [1.82, 2.24) is 0 Å². The van der Waals surface area contributed by atoms with Crippen molar-refractivity contribution < 1.29 is 19.6 Å². The molecular weight excluding hydrogens is 306 g/mol. The van der Waals surface area contributed by atoms with Crippen LogP contribution >= 0.6 is 22.9 Å². The second kappa shape index (κ2) is 5.89. The third-order valence-corrected chi connectivity index (χ3v) is 3.72. The van der Waals surface area contributed by atoms with Gasteiger partial charge in [0.25, 0.3) is 5.69 Å². The largest absolute Gasteiger partial charge is 0.487 e. The van der Waals surface area contributed by atoms with Crippen molar-refractivity contribution in [2.24, 2.45) is 0 Å². The molecule has 2 aromatic rings. The lowest BCUT2D eigenvalue weighted by atomic mass is 10.2. The van der Waals surface area contributed by atoms with Gasteiger partial charge in [-0.05, 0) is 17.5 Å². The third kappa shape index (κ3) is 2.89. The number of ether oxygens (including phenoxy) is 1. The number of nitro benzene ring substituents is 1. The van der Waals surface area contributed by atoms with E-state index >= 15 is 0 Å². The van der Waals surface area contributed by atoms with Crippen molar-refractivity contribution in [2.45, 2.75) is 6.61 Å². The lowest BCUT2D eigenvalue weighted by Gasteiger charge is -2.07. The molecule has 2 rings (SSSR count). The minimum absolute atomic E-state index is 0.0414. The fraction of sp³-hybridized carbons (Fsp3) is 0.0833. The van der Waals surface area contributed by atoms with Crippen molar-refractivity contribution in [3.8, 4) is 5.75 Å². The first-order valence-electron chi connectivity index (χ1n) is 5.36. The van der Waals surface area contributed by atoms with E-state index < -0.39 is 10.9 Å². The van der Waals surface area contributed by atoms with E-state index in [2.05, 4.69) is 0 Å². The highest BCUT2D eigenvalue weighted by Crippen LogP contribution is 2.30. The van der Waals surface area contributed by atoms with E-state index in [0.29, 0.717) is 0 Å². The SMILES string of the molecule is O=C(O)c1sccc1OCc1c(Cl)cccc1[N+](=O)[O-]. The molecule has 1 N–H and O–H groups in total. The number of nitro groups is 1. The summed E-state index contributed by atoms with van der Waals surface area (Å²) in [7, 11) is 0. The average molecular weight is 314 g/mol. The summed E-state index contributed by atoms with van der Waals surface area (Å²) in [4.78, 5) is 21.3. The zero-order valence-corrected chi connectivity index (χ0v) is 11.5. The van der Waals surface area contributed by atoms with E-state index in [1.165, 1.54) is 24.3 Å². The van der Waals surface area contributed by atoms with Gasteiger partial charge in [0, 0.05) is 6.07 Å². The van der Waals surface area contributed by atoms with Gasteiger partial charge in [-0.1, -0.05) is 17.7 Å². The summed E-state index contributed by atoms with van der Waals surface area (Å²) in [5.41, 5.74) is 0.0475. The molecule has 1 heterocycles. The molecular formula is C12H8ClNO5S. The van der Waals surface area contributed by atoms with Gasteiger partial charge in [-0.2, -0.15) is 0 Å². The Bertz CT molecular complexity index is 670. The van der Waals surface area contributed by atoms with Crippen molar-refractivity contribution in [2.75, 3.05) is 0 Å². The lowest BCUT2D eigenvalue weighted by Crippen LogP contribution is -2.03. The summed E-state index contributed by atoms with van der Waals surface area (Å²) in [6.45, 7) is -0.174. The van der Waals surface area contributed by atoms with Crippen molar-refractivity contribution in [3.63, 3.8) is 0 Å². The molecule has 0 saturated heterocycles. The molecule has 0 aliphatic carbocycles. The van der Waals surface area contributed by atoms with Crippen LogP contribution in [0.25, 0.3) is 0 Å². The Hall–Kier alpha value is -2.12. The topological polar surface area (TPSA) is 89.7 Å². The third-order valence-electron chi connectivity index (χ3n) is 2.49. The normalized spacial score (nSPS) is 10.2. The molecule has 0 bridgehead atoms. The van der Waals surface area contributed by atoms with Crippen LogP contribution in [-0.2, 0) is 6.61 Å². The Morgan fingerprint density at radius 2 is 2.20 bits per heavy atom. The van der Waals surface area contributed by atoms with Crippen LogP contribution in [0.4, 0.5) is 5.69 Å². The first-order valence-corrected chi connectivity index (χ1v) is 6.62. The number of benzene rings is 1. The Balaban J connectivity index is 2.25. The molecule has 20 heavy (non-hydrogen) atoms. The second-order valence-corrected chi connectivity index (χ2v) is 5.03. The van der Waals surface area contributed by atoms with Gasteiger partial charge in [0.15, 0.2) is 4.88 Å². The Morgan fingerprint density at radius 1 is 1.45 bits per heavy atom. The van der Waals surface area contributed by atoms with Crippen LogP contribution in [0.1, 0.15) is 15.2 Å². The summed E-state index contributed by atoms with van der Waals surface area (Å²) in [5, 5.41) is 21.6. The quantitative estimate of drug-likeness (QED) is 0.673. The molecule has 0 radical (unpaired) electrons. The number of halogens is 1. The molecule has 0 atom stereocenters. The summed E-state index contributed by atoms with van der Waals surface area (Å²) >= 11 is 6.93. The first-order chi connectivity index (χ1) is 9.50. The van der Waals surface area contributed by atoms with Gasteiger partial charge in [0.2, 0.25) is 0 Å². The number of carboxylic acid groups (broad SMARTS) is 1. The molecule has 104 valence electrons. The zero-order valence-electron chi connectivity index (χ0n) is 9.91. The molecule has 0 spiro atoms. The van der Waals surface area contributed by atoms with E-state index in [1.54, 1.807) is 5.38 Å². The fourth-order valence-electron chi connectivity index (χ4n) is 1.58. The van der Waals surface area contributed by atoms with E-state index in [1.807, 2.05) is 0 Å². The average Bonchev–Trinajstić information content (AvgIpc) is 2.85.